The molecule has 0 unspecified atom stereocenters. The van der Waals surface area contributed by atoms with Crippen molar-refractivity contribution < 1.29 is 9.18 Å². The number of halogens is 2. The van der Waals surface area contributed by atoms with Crippen LogP contribution < -0.4 is 5.32 Å². The van der Waals surface area contributed by atoms with E-state index in [1.54, 1.807) is 6.07 Å². The number of benzene rings is 1. The molecule has 1 amide bonds. The number of carbonyl (C=O) groups is 1. The second kappa shape index (κ2) is 4.96. The van der Waals surface area contributed by atoms with Gasteiger partial charge in [-0.05, 0) is 24.6 Å². The predicted octanol–water partition coefficient (Wildman–Crippen LogP) is 3.22. The number of rotatable bonds is 3. The number of anilines is 1. The van der Waals surface area contributed by atoms with Crippen molar-refractivity contribution in [3.8, 4) is 0 Å². The lowest BCUT2D eigenvalue weighted by Gasteiger charge is -2.04. The van der Waals surface area contributed by atoms with Crippen molar-refractivity contribution in [1.29, 1.82) is 0 Å². The highest BCUT2D eigenvalue weighted by Crippen LogP contribution is 2.18. The smallest absolute Gasteiger partial charge is 0.224 e. The first-order valence-corrected chi connectivity index (χ1v) is 4.76. The van der Waals surface area contributed by atoms with Crippen molar-refractivity contribution in [3.63, 3.8) is 0 Å². The second-order valence-corrected chi connectivity index (χ2v) is 3.33. The molecule has 0 heterocycles. The molecule has 76 valence electrons. The van der Waals surface area contributed by atoms with Crippen LogP contribution in [0.5, 0.6) is 0 Å². The van der Waals surface area contributed by atoms with Gasteiger partial charge in [0.05, 0.1) is 5.02 Å². The van der Waals surface area contributed by atoms with E-state index in [1.165, 1.54) is 12.1 Å². The van der Waals surface area contributed by atoms with E-state index >= 15 is 0 Å². The van der Waals surface area contributed by atoms with Gasteiger partial charge in [-0.1, -0.05) is 18.5 Å². The molecule has 14 heavy (non-hydrogen) atoms. The Morgan fingerprint density at radius 1 is 1.57 bits per heavy atom. The zero-order valence-electron chi connectivity index (χ0n) is 7.81. The van der Waals surface area contributed by atoms with Crippen LogP contribution in [0.4, 0.5) is 10.1 Å². The normalized spacial score (nSPS) is 9.93. The third-order valence-electron chi connectivity index (χ3n) is 1.68. The van der Waals surface area contributed by atoms with Gasteiger partial charge in [0.25, 0.3) is 0 Å². The monoisotopic (exact) mass is 215 g/mol. The van der Waals surface area contributed by atoms with Crippen LogP contribution in [-0.2, 0) is 4.79 Å². The summed E-state index contributed by atoms with van der Waals surface area (Å²) in [5.74, 6) is -0.643. The molecule has 0 aliphatic heterocycles. The first-order valence-electron chi connectivity index (χ1n) is 4.38. The van der Waals surface area contributed by atoms with E-state index in [4.69, 9.17) is 11.6 Å². The van der Waals surface area contributed by atoms with E-state index in [-0.39, 0.29) is 10.9 Å². The Kier molecular flexibility index (Phi) is 3.89. The summed E-state index contributed by atoms with van der Waals surface area (Å²) in [6.07, 6.45) is 1.20. The minimum Gasteiger partial charge on any atom is -0.326 e. The van der Waals surface area contributed by atoms with Crippen molar-refractivity contribution in [2.24, 2.45) is 0 Å². The van der Waals surface area contributed by atoms with Gasteiger partial charge < -0.3 is 5.32 Å². The van der Waals surface area contributed by atoms with Crippen molar-refractivity contribution in [1.82, 2.24) is 0 Å². The highest BCUT2D eigenvalue weighted by molar-refractivity contribution is 6.30. The fourth-order valence-corrected chi connectivity index (χ4v) is 1.14. The van der Waals surface area contributed by atoms with Crippen LogP contribution in [0.3, 0.4) is 0 Å². The maximum absolute atomic E-state index is 12.9. The highest BCUT2D eigenvalue weighted by Gasteiger charge is 2.03. The molecular formula is C10H11ClFNO. The van der Waals surface area contributed by atoms with Crippen LogP contribution in [0.15, 0.2) is 18.2 Å². The zero-order valence-corrected chi connectivity index (χ0v) is 8.57. The van der Waals surface area contributed by atoms with E-state index in [2.05, 4.69) is 5.32 Å². The molecule has 0 fully saturated rings. The number of hydrogen-bond donors (Lipinski definition) is 1. The molecule has 0 bridgehead atoms. The Morgan fingerprint density at radius 3 is 2.86 bits per heavy atom. The number of hydrogen-bond acceptors (Lipinski definition) is 1. The molecule has 0 spiro atoms. The minimum absolute atomic E-state index is 0.0542. The summed E-state index contributed by atoms with van der Waals surface area (Å²) in [5, 5.41) is 2.63. The van der Waals surface area contributed by atoms with Gasteiger partial charge in [-0.25, -0.2) is 4.39 Å². The molecule has 2 nitrogen and oxygen atoms in total. The van der Waals surface area contributed by atoms with E-state index < -0.39 is 5.82 Å². The summed E-state index contributed by atoms with van der Waals surface area (Å²) in [6, 6.07) is 4.19. The Bertz CT molecular complexity index is 341. The fraction of sp³-hybridized carbons (Fsp3) is 0.300. The van der Waals surface area contributed by atoms with Crippen molar-refractivity contribution in [3.05, 3.63) is 29.0 Å². The van der Waals surface area contributed by atoms with Crippen molar-refractivity contribution in [2.75, 3.05) is 5.32 Å². The number of carbonyl (C=O) groups excluding carboxylic acids is 1. The molecule has 1 rings (SSSR count). The van der Waals surface area contributed by atoms with Crippen molar-refractivity contribution >= 4 is 23.2 Å². The zero-order chi connectivity index (χ0) is 10.6. The maximum atomic E-state index is 12.9. The van der Waals surface area contributed by atoms with Gasteiger partial charge in [-0.2, -0.15) is 0 Å². The average Bonchev–Trinajstić information content (AvgIpc) is 2.12. The van der Waals surface area contributed by atoms with Crippen LogP contribution in [0.25, 0.3) is 0 Å². The second-order valence-electron chi connectivity index (χ2n) is 2.93. The molecule has 0 aromatic heterocycles. The summed E-state index contributed by atoms with van der Waals surface area (Å²) in [4.78, 5) is 11.1. The third kappa shape index (κ3) is 3.00. The molecule has 0 saturated heterocycles. The van der Waals surface area contributed by atoms with Crippen LogP contribution in [0.1, 0.15) is 19.8 Å². The molecule has 0 aliphatic carbocycles. The van der Waals surface area contributed by atoms with Gasteiger partial charge in [0.2, 0.25) is 5.91 Å². The lowest BCUT2D eigenvalue weighted by atomic mass is 10.3. The largest absolute Gasteiger partial charge is 0.326 e. The maximum Gasteiger partial charge on any atom is 0.224 e. The van der Waals surface area contributed by atoms with Crippen LogP contribution in [0, 0.1) is 5.82 Å². The van der Waals surface area contributed by atoms with Gasteiger partial charge in [0, 0.05) is 12.1 Å². The van der Waals surface area contributed by atoms with Gasteiger partial charge in [-0.3, -0.25) is 4.79 Å². The predicted molar refractivity (Wildman–Crippen MR) is 54.9 cm³/mol. The van der Waals surface area contributed by atoms with E-state index in [1.807, 2.05) is 6.92 Å². The summed E-state index contributed by atoms with van der Waals surface area (Å²) in [6.45, 7) is 1.90. The summed E-state index contributed by atoms with van der Waals surface area (Å²) in [5.41, 5.74) is 0.436. The Hall–Kier alpha value is -1.09. The molecule has 0 aliphatic rings. The van der Waals surface area contributed by atoms with Gasteiger partial charge in [0.1, 0.15) is 5.82 Å². The Balaban J connectivity index is 2.68. The average molecular weight is 216 g/mol. The number of amides is 1. The molecule has 1 N–H and O–H groups in total. The lowest BCUT2D eigenvalue weighted by Crippen LogP contribution is -2.10. The highest BCUT2D eigenvalue weighted by atomic mass is 35.5. The van der Waals surface area contributed by atoms with E-state index in [0.717, 1.165) is 6.42 Å². The quantitative estimate of drug-likeness (QED) is 0.824. The molecule has 0 saturated carbocycles. The van der Waals surface area contributed by atoms with Crippen LogP contribution in [0.2, 0.25) is 5.02 Å². The molecule has 0 radical (unpaired) electrons. The SMILES string of the molecule is CCCC(=O)Nc1ccc(Cl)c(F)c1. The van der Waals surface area contributed by atoms with E-state index in [9.17, 15) is 9.18 Å². The first-order chi connectivity index (χ1) is 6.63. The van der Waals surface area contributed by atoms with Gasteiger partial charge in [-0.15, -0.1) is 0 Å². The van der Waals surface area contributed by atoms with Gasteiger partial charge >= 0.3 is 0 Å². The minimum atomic E-state index is -0.527. The first kappa shape index (κ1) is 11.0. The van der Waals surface area contributed by atoms with Crippen molar-refractivity contribution in [2.45, 2.75) is 19.8 Å². The molecule has 4 heteroatoms. The van der Waals surface area contributed by atoms with Crippen LogP contribution in [-0.4, -0.2) is 5.91 Å². The summed E-state index contributed by atoms with van der Waals surface area (Å²) < 4.78 is 12.9. The summed E-state index contributed by atoms with van der Waals surface area (Å²) >= 11 is 5.49. The molecular weight excluding hydrogens is 205 g/mol. The van der Waals surface area contributed by atoms with E-state index in [0.29, 0.717) is 12.1 Å². The molecule has 1 aromatic carbocycles. The Morgan fingerprint density at radius 2 is 2.29 bits per heavy atom. The lowest BCUT2D eigenvalue weighted by molar-refractivity contribution is -0.116. The fourth-order valence-electron chi connectivity index (χ4n) is 1.02. The number of nitrogens with one attached hydrogen (secondary N) is 1. The van der Waals surface area contributed by atoms with Gasteiger partial charge in [0.15, 0.2) is 0 Å². The third-order valence-corrected chi connectivity index (χ3v) is 1.99. The topological polar surface area (TPSA) is 29.1 Å². The standard InChI is InChI=1S/C10H11ClFNO/c1-2-3-10(14)13-7-4-5-8(11)9(12)6-7/h4-6H,2-3H2,1H3,(H,13,14). The molecule has 1 aromatic rings. The van der Waals surface area contributed by atoms with Crippen LogP contribution >= 0.6 is 11.6 Å². The molecule has 0 atom stereocenters. The Labute approximate surface area is 87.1 Å². The summed E-state index contributed by atoms with van der Waals surface area (Å²) in [7, 11) is 0.